The highest BCUT2D eigenvalue weighted by molar-refractivity contribution is 5.94. The number of esters is 2. The highest BCUT2D eigenvalue weighted by atomic mass is 19.4. The number of amides is 1. The van der Waals surface area contributed by atoms with Crippen molar-refractivity contribution in [1.82, 2.24) is 5.32 Å². The van der Waals surface area contributed by atoms with Crippen molar-refractivity contribution in [3.8, 4) is 17.2 Å². The zero-order valence-electron chi connectivity index (χ0n) is 20.9. The number of carbonyl (C=O) groups excluding carboxylic acids is 3. The van der Waals surface area contributed by atoms with Gasteiger partial charge in [0.25, 0.3) is 5.91 Å². The van der Waals surface area contributed by atoms with Gasteiger partial charge in [-0.05, 0) is 42.5 Å². The molecule has 0 aliphatic carbocycles. The predicted molar refractivity (Wildman–Crippen MR) is 125 cm³/mol. The van der Waals surface area contributed by atoms with E-state index in [1.165, 1.54) is 37.4 Å². The lowest BCUT2D eigenvalue weighted by atomic mass is 9.90. The molecule has 2 aromatic rings. The van der Waals surface area contributed by atoms with E-state index in [0.29, 0.717) is 5.56 Å². The standard InChI is InChI=1S/C25H26F3NO10/c1-12(30)35-11-19-23(36-13(2)31)21(33)20(32)22(38-19)17-10-16(8-9-18(17)39-25(26,27)28)37-15-6-4-14(5-7-15)24(34)29-3/h4-10,19-23,32-33H,11H2,1-3H3,(H,29,34)/t19-,20+,21-,22-,23-/m1/s1. The van der Waals surface area contributed by atoms with E-state index in [9.17, 15) is 37.8 Å². The largest absolute Gasteiger partial charge is 0.573 e. The zero-order valence-corrected chi connectivity index (χ0v) is 20.9. The molecule has 1 fully saturated rings. The number of carbonyl (C=O) groups is 3. The molecule has 1 heterocycles. The molecule has 1 aliphatic heterocycles. The number of hydrogen-bond acceptors (Lipinski definition) is 10. The number of benzene rings is 2. The Bertz CT molecular complexity index is 1190. The van der Waals surface area contributed by atoms with Gasteiger partial charge in [0, 0.05) is 32.0 Å². The van der Waals surface area contributed by atoms with Gasteiger partial charge in [-0.3, -0.25) is 14.4 Å². The average Bonchev–Trinajstić information content (AvgIpc) is 2.86. The second kappa shape index (κ2) is 12.3. The Morgan fingerprint density at radius 3 is 2.18 bits per heavy atom. The number of alkyl halides is 3. The minimum atomic E-state index is -5.12. The summed E-state index contributed by atoms with van der Waals surface area (Å²) in [7, 11) is 1.46. The Labute approximate surface area is 220 Å². The summed E-state index contributed by atoms with van der Waals surface area (Å²) in [4.78, 5) is 34.6. The Balaban J connectivity index is 1.98. The number of ether oxygens (including phenoxy) is 5. The van der Waals surface area contributed by atoms with Gasteiger partial charge in [0.05, 0.1) is 0 Å². The van der Waals surface area contributed by atoms with Crippen LogP contribution >= 0.6 is 0 Å². The van der Waals surface area contributed by atoms with Gasteiger partial charge >= 0.3 is 18.3 Å². The minimum Gasteiger partial charge on any atom is -0.463 e. The van der Waals surface area contributed by atoms with Crippen molar-refractivity contribution >= 4 is 17.8 Å². The van der Waals surface area contributed by atoms with Crippen molar-refractivity contribution in [1.29, 1.82) is 0 Å². The molecule has 0 spiro atoms. The Kier molecular flexibility index (Phi) is 9.37. The summed E-state index contributed by atoms with van der Waals surface area (Å²) in [5.41, 5.74) is -0.0270. The fraction of sp³-hybridized carbons (Fsp3) is 0.400. The van der Waals surface area contributed by atoms with Crippen molar-refractivity contribution in [2.24, 2.45) is 0 Å². The van der Waals surface area contributed by atoms with E-state index in [1.807, 2.05) is 0 Å². The molecule has 0 saturated carbocycles. The van der Waals surface area contributed by atoms with E-state index < -0.39 is 61.2 Å². The highest BCUT2D eigenvalue weighted by Gasteiger charge is 2.48. The van der Waals surface area contributed by atoms with Crippen LogP contribution in [-0.4, -0.2) is 72.5 Å². The molecule has 39 heavy (non-hydrogen) atoms. The summed E-state index contributed by atoms with van der Waals surface area (Å²) in [6.45, 7) is 1.58. The number of rotatable bonds is 8. The maximum absolute atomic E-state index is 13.2. The molecule has 0 radical (unpaired) electrons. The summed E-state index contributed by atoms with van der Waals surface area (Å²) < 4.78 is 65.0. The van der Waals surface area contributed by atoms with Crippen LogP contribution < -0.4 is 14.8 Å². The van der Waals surface area contributed by atoms with E-state index in [2.05, 4.69) is 10.1 Å². The summed E-state index contributed by atoms with van der Waals surface area (Å²) in [5.74, 6) is -2.47. The molecule has 0 bridgehead atoms. The van der Waals surface area contributed by atoms with Crippen molar-refractivity contribution in [3.63, 3.8) is 0 Å². The third kappa shape index (κ3) is 7.81. The van der Waals surface area contributed by atoms with Crippen LogP contribution in [0.5, 0.6) is 17.2 Å². The first kappa shape index (κ1) is 29.7. The molecule has 14 heteroatoms. The summed E-state index contributed by atoms with van der Waals surface area (Å²) in [5, 5.41) is 23.9. The lowest BCUT2D eigenvalue weighted by molar-refractivity contribution is -0.276. The number of hydrogen-bond donors (Lipinski definition) is 3. The topological polar surface area (TPSA) is 150 Å². The molecule has 0 aromatic heterocycles. The fourth-order valence-corrected chi connectivity index (χ4v) is 3.85. The first-order valence-electron chi connectivity index (χ1n) is 11.5. The number of nitrogens with one attached hydrogen (secondary N) is 1. The first-order chi connectivity index (χ1) is 18.3. The average molecular weight is 557 g/mol. The smallest absolute Gasteiger partial charge is 0.463 e. The second-order valence-electron chi connectivity index (χ2n) is 8.41. The Morgan fingerprint density at radius 1 is 0.974 bits per heavy atom. The lowest BCUT2D eigenvalue weighted by Gasteiger charge is -2.42. The number of halogens is 3. The van der Waals surface area contributed by atoms with Crippen LogP contribution in [0.15, 0.2) is 42.5 Å². The normalized spacial score (nSPS) is 22.9. The first-order valence-corrected chi connectivity index (χ1v) is 11.5. The maximum atomic E-state index is 13.2. The molecule has 212 valence electrons. The van der Waals surface area contributed by atoms with Crippen molar-refractivity contribution in [3.05, 3.63) is 53.6 Å². The van der Waals surface area contributed by atoms with Gasteiger partial charge in [-0.25, -0.2) is 0 Å². The van der Waals surface area contributed by atoms with Crippen LogP contribution in [0.4, 0.5) is 13.2 Å². The lowest BCUT2D eigenvalue weighted by Crippen LogP contribution is -2.57. The monoisotopic (exact) mass is 557 g/mol. The molecular formula is C25H26F3NO10. The van der Waals surface area contributed by atoms with Gasteiger partial charge in [-0.1, -0.05) is 0 Å². The SMILES string of the molecule is CNC(=O)c1ccc(Oc2ccc(OC(F)(F)F)c([C@H]3O[C@H](COC(C)=O)[C@@H](OC(C)=O)[C@H](O)[C@@H]3O)c2)cc1. The highest BCUT2D eigenvalue weighted by Crippen LogP contribution is 2.41. The number of aliphatic hydroxyl groups excluding tert-OH is 2. The van der Waals surface area contributed by atoms with Gasteiger partial charge in [0.1, 0.15) is 48.3 Å². The van der Waals surface area contributed by atoms with Crippen LogP contribution in [0.2, 0.25) is 0 Å². The van der Waals surface area contributed by atoms with Gasteiger partial charge in [0.2, 0.25) is 0 Å². The van der Waals surface area contributed by atoms with E-state index in [-0.39, 0.29) is 23.0 Å². The molecule has 1 aliphatic rings. The van der Waals surface area contributed by atoms with E-state index in [4.69, 9.17) is 18.9 Å². The summed E-state index contributed by atoms with van der Waals surface area (Å²) in [6, 6.07) is 9.05. The molecule has 3 N–H and O–H groups in total. The van der Waals surface area contributed by atoms with E-state index in [0.717, 1.165) is 26.0 Å². The van der Waals surface area contributed by atoms with Crippen molar-refractivity contribution in [2.45, 2.75) is 50.7 Å². The van der Waals surface area contributed by atoms with Gasteiger partial charge in [-0.15, -0.1) is 13.2 Å². The van der Waals surface area contributed by atoms with Crippen LogP contribution in [0.1, 0.15) is 35.9 Å². The number of aliphatic hydroxyl groups is 2. The minimum absolute atomic E-state index is 0.00356. The third-order valence-corrected chi connectivity index (χ3v) is 5.53. The second-order valence-corrected chi connectivity index (χ2v) is 8.41. The van der Waals surface area contributed by atoms with E-state index >= 15 is 0 Å². The van der Waals surface area contributed by atoms with Gasteiger partial charge in [-0.2, -0.15) is 0 Å². The molecular weight excluding hydrogens is 531 g/mol. The van der Waals surface area contributed by atoms with Crippen LogP contribution in [-0.2, 0) is 23.8 Å². The van der Waals surface area contributed by atoms with Gasteiger partial charge < -0.3 is 39.2 Å². The van der Waals surface area contributed by atoms with Crippen LogP contribution in [0, 0.1) is 0 Å². The summed E-state index contributed by atoms with van der Waals surface area (Å²) >= 11 is 0. The Morgan fingerprint density at radius 2 is 1.62 bits per heavy atom. The fourth-order valence-electron chi connectivity index (χ4n) is 3.85. The van der Waals surface area contributed by atoms with E-state index in [1.54, 1.807) is 0 Å². The van der Waals surface area contributed by atoms with Crippen molar-refractivity contribution in [2.75, 3.05) is 13.7 Å². The summed E-state index contributed by atoms with van der Waals surface area (Å²) in [6.07, 6.45) is -13.4. The van der Waals surface area contributed by atoms with Crippen LogP contribution in [0.3, 0.4) is 0 Å². The molecule has 3 rings (SSSR count). The van der Waals surface area contributed by atoms with Crippen LogP contribution in [0.25, 0.3) is 0 Å². The molecule has 5 atom stereocenters. The van der Waals surface area contributed by atoms with Gasteiger partial charge in [0.15, 0.2) is 6.10 Å². The predicted octanol–water partition coefficient (Wildman–Crippen LogP) is 2.39. The quantitative estimate of drug-likeness (QED) is 0.413. The van der Waals surface area contributed by atoms with Crippen molar-refractivity contribution < 1.29 is 61.5 Å². The molecule has 0 unspecified atom stereocenters. The molecule has 11 nitrogen and oxygen atoms in total. The molecule has 1 amide bonds. The third-order valence-electron chi connectivity index (χ3n) is 5.53. The zero-order chi connectivity index (χ0) is 28.9. The molecule has 2 aromatic carbocycles. The maximum Gasteiger partial charge on any atom is 0.573 e. The molecule has 1 saturated heterocycles. The Hall–Kier alpha value is -3.88.